The van der Waals surface area contributed by atoms with E-state index in [0.717, 1.165) is 5.39 Å². The molecule has 5 heteroatoms. The zero-order chi connectivity index (χ0) is 14.3. The molecule has 3 aromatic rings. The molecule has 0 fully saturated rings. The standard InChI is InChI=1S/C15H12N2O3/c1-17-7-10(8-18)14-12(15(17)19)5-9-3-4-11(20-2)6-13(9)16-14/h3-8H,1-2H3. The first kappa shape index (κ1) is 12.3. The molecular formula is C15H12N2O3. The largest absolute Gasteiger partial charge is 0.497 e. The van der Waals surface area contributed by atoms with Crippen molar-refractivity contribution in [2.45, 2.75) is 0 Å². The van der Waals surface area contributed by atoms with Crippen LogP contribution in [-0.4, -0.2) is 22.9 Å². The summed E-state index contributed by atoms with van der Waals surface area (Å²) in [6.45, 7) is 0. The first-order chi connectivity index (χ1) is 9.63. The monoisotopic (exact) mass is 268 g/mol. The highest BCUT2D eigenvalue weighted by Crippen LogP contribution is 2.23. The lowest BCUT2D eigenvalue weighted by atomic mass is 10.1. The van der Waals surface area contributed by atoms with E-state index in [9.17, 15) is 9.59 Å². The third-order valence-electron chi connectivity index (χ3n) is 3.31. The molecule has 100 valence electrons. The van der Waals surface area contributed by atoms with E-state index in [0.29, 0.717) is 34.0 Å². The molecule has 0 unspecified atom stereocenters. The molecule has 0 saturated carbocycles. The van der Waals surface area contributed by atoms with Gasteiger partial charge in [0.15, 0.2) is 6.29 Å². The number of fused-ring (bicyclic) bond motifs is 2. The average Bonchev–Trinajstić information content (AvgIpc) is 2.48. The van der Waals surface area contributed by atoms with Crippen molar-refractivity contribution in [1.29, 1.82) is 0 Å². The van der Waals surface area contributed by atoms with Gasteiger partial charge in [0.2, 0.25) is 0 Å². The van der Waals surface area contributed by atoms with Gasteiger partial charge >= 0.3 is 0 Å². The summed E-state index contributed by atoms with van der Waals surface area (Å²) < 4.78 is 6.55. The minimum Gasteiger partial charge on any atom is -0.497 e. The predicted octanol–water partition coefficient (Wildman–Crippen LogP) is 1.91. The summed E-state index contributed by atoms with van der Waals surface area (Å²) in [5.74, 6) is 0.681. The number of nitrogens with zero attached hydrogens (tertiary/aromatic N) is 2. The number of hydrogen-bond donors (Lipinski definition) is 0. The van der Waals surface area contributed by atoms with Crippen LogP contribution in [0.3, 0.4) is 0 Å². The fourth-order valence-corrected chi connectivity index (χ4v) is 2.26. The SMILES string of the molecule is COc1ccc2cc3c(=O)n(C)cc(C=O)c3nc2c1. The highest BCUT2D eigenvalue weighted by Gasteiger charge is 2.10. The third-order valence-corrected chi connectivity index (χ3v) is 3.31. The van der Waals surface area contributed by atoms with Crippen molar-refractivity contribution < 1.29 is 9.53 Å². The highest BCUT2D eigenvalue weighted by molar-refractivity contribution is 6.00. The van der Waals surface area contributed by atoms with Crippen molar-refractivity contribution in [1.82, 2.24) is 9.55 Å². The summed E-state index contributed by atoms with van der Waals surface area (Å²) in [6.07, 6.45) is 2.21. The number of aromatic nitrogens is 2. The van der Waals surface area contributed by atoms with Crippen LogP contribution in [0.4, 0.5) is 0 Å². The van der Waals surface area contributed by atoms with Crippen LogP contribution in [0.15, 0.2) is 35.3 Å². The summed E-state index contributed by atoms with van der Waals surface area (Å²) in [5.41, 5.74) is 1.33. The number of rotatable bonds is 2. The molecule has 3 rings (SSSR count). The fraction of sp³-hybridized carbons (Fsp3) is 0.133. The Labute approximate surface area is 114 Å². The summed E-state index contributed by atoms with van der Waals surface area (Å²) in [5, 5.41) is 1.27. The van der Waals surface area contributed by atoms with Crippen LogP contribution in [0.1, 0.15) is 10.4 Å². The smallest absolute Gasteiger partial charge is 0.259 e. The van der Waals surface area contributed by atoms with Gasteiger partial charge in [0, 0.05) is 24.7 Å². The molecule has 1 aromatic carbocycles. The van der Waals surface area contributed by atoms with Gasteiger partial charge in [0.1, 0.15) is 5.75 Å². The van der Waals surface area contributed by atoms with Gasteiger partial charge in [-0.25, -0.2) is 4.98 Å². The van der Waals surface area contributed by atoms with E-state index >= 15 is 0 Å². The molecule has 2 heterocycles. The Balaban J connectivity index is 2.49. The van der Waals surface area contributed by atoms with Gasteiger partial charge in [-0.15, -0.1) is 0 Å². The first-order valence-electron chi connectivity index (χ1n) is 6.07. The van der Waals surface area contributed by atoms with Gasteiger partial charge < -0.3 is 9.30 Å². The number of ether oxygens (including phenoxy) is 1. The number of carbonyl (C=O) groups excluding carboxylic acids is 1. The maximum atomic E-state index is 12.1. The molecule has 0 radical (unpaired) electrons. The normalized spacial score (nSPS) is 10.9. The van der Waals surface area contributed by atoms with E-state index in [2.05, 4.69) is 4.98 Å². The quantitative estimate of drug-likeness (QED) is 0.526. The first-order valence-corrected chi connectivity index (χ1v) is 6.07. The van der Waals surface area contributed by atoms with Crippen LogP contribution >= 0.6 is 0 Å². The summed E-state index contributed by atoms with van der Waals surface area (Å²) >= 11 is 0. The van der Waals surface area contributed by atoms with Gasteiger partial charge in [-0.05, 0) is 18.2 Å². The van der Waals surface area contributed by atoms with E-state index < -0.39 is 0 Å². The van der Waals surface area contributed by atoms with Gasteiger partial charge in [-0.2, -0.15) is 0 Å². The molecule has 0 aliphatic rings. The van der Waals surface area contributed by atoms with Gasteiger partial charge in [-0.1, -0.05) is 0 Å². The maximum Gasteiger partial charge on any atom is 0.259 e. The van der Waals surface area contributed by atoms with E-state index in [1.165, 1.54) is 10.8 Å². The molecule has 0 atom stereocenters. The Morgan fingerprint density at radius 1 is 1.30 bits per heavy atom. The number of benzene rings is 1. The lowest BCUT2D eigenvalue weighted by Gasteiger charge is -2.07. The van der Waals surface area contributed by atoms with Gasteiger partial charge in [-0.3, -0.25) is 9.59 Å². The summed E-state index contributed by atoms with van der Waals surface area (Å²) in [4.78, 5) is 27.7. The summed E-state index contributed by atoms with van der Waals surface area (Å²) in [7, 11) is 3.20. The zero-order valence-electron chi connectivity index (χ0n) is 11.1. The number of aldehydes is 1. The number of hydrogen-bond acceptors (Lipinski definition) is 4. The van der Waals surface area contributed by atoms with Crippen LogP contribution < -0.4 is 10.3 Å². The minimum absolute atomic E-state index is 0.171. The Hall–Kier alpha value is -2.69. The fourth-order valence-electron chi connectivity index (χ4n) is 2.26. The van der Waals surface area contributed by atoms with Crippen molar-refractivity contribution in [3.05, 3.63) is 46.4 Å². The Morgan fingerprint density at radius 3 is 2.80 bits per heavy atom. The predicted molar refractivity (Wildman–Crippen MR) is 76.4 cm³/mol. The average molecular weight is 268 g/mol. The number of aryl methyl sites for hydroxylation is 1. The molecule has 0 N–H and O–H groups in total. The second-order valence-corrected chi connectivity index (χ2v) is 4.56. The molecule has 0 aliphatic heterocycles. The van der Waals surface area contributed by atoms with Crippen LogP contribution in [-0.2, 0) is 7.05 Å². The van der Waals surface area contributed by atoms with Crippen molar-refractivity contribution >= 4 is 28.1 Å². The van der Waals surface area contributed by atoms with Crippen LogP contribution in [0, 0.1) is 0 Å². The molecular weight excluding hydrogens is 256 g/mol. The molecule has 2 aromatic heterocycles. The van der Waals surface area contributed by atoms with Crippen molar-refractivity contribution in [2.24, 2.45) is 7.05 Å². The Morgan fingerprint density at radius 2 is 2.10 bits per heavy atom. The topological polar surface area (TPSA) is 61.2 Å². The van der Waals surface area contributed by atoms with Crippen molar-refractivity contribution in [3.63, 3.8) is 0 Å². The summed E-state index contributed by atoms with van der Waals surface area (Å²) in [6, 6.07) is 7.19. The lowest BCUT2D eigenvalue weighted by molar-refractivity contribution is 0.112. The van der Waals surface area contributed by atoms with Crippen LogP contribution in [0.25, 0.3) is 21.8 Å². The molecule has 0 aliphatic carbocycles. The molecule has 20 heavy (non-hydrogen) atoms. The molecule has 0 bridgehead atoms. The number of methoxy groups -OCH3 is 1. The van der Waals surface area contributed by atoms with Gasteiger partial charge in [0.25, 0.3) is 5.56 Å². The Bertz CT molecular complexity index is 897. The molecule has 0 saturated heterocycles. The van der Waals surface area contributed by atoms with E-state index in [4.69, 9.17) is 4.74 Å². The van der Waals surface area contributed by atoms with Crippen molar-refractivity contribution in [2.75, 3.05) is 7.11 Å². The Kier molecular flexibility index (Phi) is 2.75. The maximum absolute atomic E-state index is 12.1. The van der Waals surface area contributed by atoms with E-state index in [-0.39, 0.29) is 5.56 Å². The second kappa shape index (κ2) is 4.45. The van der Waals surface area contributed by atoms with E-state index in [1.54, 1.807) is 26.3 Å². The van der Waals surface area contributed by atoms with E-state index in [1.807, 2.05) is 12.1 Å². The molecule has 0 amide bonds. The third kappa shape index (κ3) is 1.75. The second-order valence-electron chi connectivity index (χ2n) is 4.56. The van der Waals surface area contributed by atoms with Gasteiger partial charge in [0.05, 0.1) is 29.1 Å². The molecule has 5 nitrogen and oxygen atoms in total. The molecule has 0 spiro atoms. The van der Waals surface area contributed by atoms with Crippen LogP contribution in [0.2, 0.25) is 0 Å². The minimum atomic E-state index is -0.171. The lowest BCUT2D eigenvalue weighted by Crippen LogP contribution is -2.17. The number of pyridine rings is 2. The number of carbonyl (C=O) groups is 1. The zero-order valence-corrected chi connectivity index (χ0v) is 11.1. The van der Waals surface area contributed by atoms with Crippen LogP contribution in [0.5, 0.6) is 5.75 Å². The highest BCUT2D eigenvalue weighted by atomic mass is 16.5. The van der Waals surface area contributed by atoms with Crippen molar-refractivity contribution in [3.8, 4) is 5.75 Å².